The fourth-order valence-electron chi connectivity index (χ4n) is 4.22. The van der Waals surface area contributed by atoms with Crippen LogP contribution in [0.2, 0.25) is 10.0 Å². The average molecular weight is 534 g/mol. The third-order valence-electron chi connectivity index (χ3n) is 5.98. The Morgan fingerprint density at radius 3 is 2.44 bits per heavy atom. The molecule has 10 heteroatoms. The summed E-state index contributed by atoms with van der Waals surface area (Å²) in [6, 6.07) is 7.07. The van der Waals surface area contributed by atoms with Crippen LogP contribution >= 0.6 is 23.2 Å². The van der Waals surface area contributed by atoms with Gasteiger partial charge in [-0.25, -0.2) is 9.97 Å². The molecule has 0 saturated carbocycles. The summed E-state index contributed by atoms with van der Waals surface area (Å²) in [5, 5.41) is 11.1. The second kappa shape index (κ2) is 11.8. The number of hydrogen-bond donors (Lipinski definition) is 2. The second-order valence-electron chi connectivity index (χ2n) is 9.78. The van der Waals surface area contributed by atoms with Crippen molar-refractivity contribution in [2.75, 3.05) is 36.9 Å². The van der Waals surface area contributed by atoms with Gasteiger partial charge in [0.25, 0.3) is 0 Å². The number of anilines is 2. The van der Waals surface area contributed by atoms with Crippen molar-refractivity contribution < 1.29 is 14.6 Å². The molecule has 2 aliphatic heterocycles. The van der Waals surface area contributed by atoms with Crippen LogP contribution in [0.5, 0.6) is 5.75 Å². The van der Waals surface area contributed by atoms with Gasteiger partial charge >= 0.3 is 0 Å². The topological polar surface area (TPSA) is 107 Å². The maximum atomic E-state index is 10.0. The van der Waals surface area contributed by atoms with Crippen LogP contribution in [-0.2, 0) is 11.2 Å². The first-order valence-corrected chi connectivity index (χ1v) is 13.0. The number of ether oxygens (including phenoxy) is 2. The van der Waals surface area contributed by atoms with Crippen molar-refractivity contribution >= 4 is 45.9 Å². The highest BCUT2D eigenvalue weighted by Crippen LogP contribution is 2.31. The number of hydrogen-bond acceptors (Lipinski definition) is 8. The zero-order valence-electron chi connectivity index (χ0n) is 20.7. The molecule has 3 N–H and O–H groups in total. The number of rotatable bonds is 5. The van der Waals surface area contributed by atoms with Gasteiger partial charge in [0, 0.05) is 56.3 Å². The van der Waals surface area contributed by atoms with E-state index in [1.165, 1.54) is 12.8 Å². The minimum atomic E-state index is -0.845. The van der Waals surface area contributed by atoms with E-state index in [0.29, 0.717) is 44.9 Å². The van der Waals surface area contributed by atoms with E-state index in [4.69, 9.17) is 43.4 Å². The minimum absolute atomic E-state index is 0.0515. The highest BCUT2D eigenvalue weighted by Gasteiger charge is 2.24. The molecule has 194 valence electrons. The smallest absolute Gasteiger partial charge is 0.172 e. The largest absolute Gasteiger partial charge is 0.489 e. The first-order chi connectivity index (χ1) is 17.2. The Balaban J connectivity index is 0.000000543. The van der Waals surface area contributed by atoms with Gasteiger partial charge in [-0.1, -0.05) is 23.2 Å². The highest BCUT2D eigenvalue weighted by molar-refractivity contribution is 6.35. The van der Waals surface area contributed by atoms with Crippen molar-refractivity contribution in [1.29, 1.82) is 0 Å². The number of fused-ring (bicyclic) bond motifs is 1. The molecule has 0 radical (unpaired) electrons. The fourth-order valence-corrected chi connectivity index (χ4v) is 4.68. The van der Waals surface area contributed by atoms with Crippen molar-refractivity contribution in [2.45, 2.75) is 57.7 Å². The molecule has 2 aromatic heterocycles. The van der Waals surface area contributed by atoms with E-state index in [0.717, 1.165) is 44.8 Å². The monoisotopic (exact) mass is 533 g/mol. The quantitative estimate of drug-likeness (QED) is 0.467. The number of nitrogens with two attached hydrogens (primary N) is 1. The molecule has 0 unspecified atom stereocenters. The lowest BCUT2D eigenvalue weighted by molar-refractivity contribution is 0.0800. The number of halogens is 2. The normalized spacial score (nSPS) is 16.6. The summed E-state index contributed by atoms with van der Waals surface area (Å²) in [7, 11) is 0. The van der Waals surface area contributed by atoms with Crippen LogP contribution in [0, 0.1) is 0 Å². The van der Waals surface area contributed by atoms with Gasteiger partial charge < -0.3 is 25.2 Å². The molecule has 0 aliphatic carbocycles. The minimum Gasteiger partial charge on any atom is -0.489 e. The zero-order valence-corrected chi connectivity index (χ0v) is 22.2. The molecule has 3 aromatic rings. The first kappa shape index (κ1) is 26.7. The Hall–Kier alpha value is -2.39. The molecule has 0 amide bonds. The van der Waals surface area contributed by atoms with E-state index in [2.05, 4.69) is 14.9 Å². The van der Waals surface area contributed by atoms with E-state index >= 15 is 0 Å². The number of nitrogens with zero attached hydrogens (tertiary/aromatic N) is 4. The zero-order chi connectivity index (χ0) is 25.7. The van der Waals surface area contributed by atoms with Crippen LogP contribution in [0.25, 0.3) is 11.0 Å². The second-order valence-corrected chi connectivity index (χ2v) is 10.6. The van der Waals surface area contributed by atoms with Gasteiger partial charge in [0.15, 0.2) is 11.6 Å². The lowest BCUT2D eigenvalue weighted by Gasteiger charge is -2.33. The molecular weight excluding hydrogens is 501 g/mol. The number of benzene rings is 1. The summed E-state index contributed by atoms with van der Waals surface area (Å²) in [5.41, 5.74) is 7.49. The van der Waals surface area contributed by atoms with E-state index in [1.54, 1.807) is 38.2 Å². The maximum absolute atomic E-state index is 10.0. The van der Waals surface area contributed by atoms with Crippen molar-refractivity contribution in [1.82, 2.24) is 15.0 Å². The van der Waals surface area contributed by atoms with Gasteiger partial charge in [0.1, 0.15) is 17.4 Å². The number of nitrogen functional groups attached to an aromatic ring is 1. The molecule has 2 fully saturated rings. The predicted molar refractivity (Wildman–Crippen MR) is 144 cm³/mol. The third-order valence-corrected chi connectivity index (χ3v) is 6.52. The van der Waals surface area contributed by atoms with Gasteiger partial charge in [-0.3, -0.25) is 4.98 Å². The van der Waals surface area contributed by atoms with Gasteiger partial charge in [0.2, 0.25) is 0 Å². The molecule has 0 atom stereocenters. The third kappa shape index (κ3) is 7.32. The molecule has 8 nitrogen and oxygen atoms in total. The highest BCUT2D eigenvalue weighted by atomic mass is 35.5. The molecule has 5 rings (SSSR count). The summed E-state index contributed by atoms with van der Waals surface area (Å²) in [6.45, 7) is 6.97. The van der Waals surface area contributed by atoms with Gasteiger partial charge in [-0.15, -0.1) is 0 Å². The summed E-state index contributed by atoms with van der Waals surface area (Å²) in [4.78, 5) is 15.8. The molecule has 0 bridgehead atoms. The van der Waals surface area contributed by atoms with Gasteiger partial charge in [-0.2, -0.15) is 0 Å². The van der Waals surface area contributed by atoms with E-state index in [9.17, 15) is 5.11 Å². The van der Waals surface area contributed by atoms with Crippen molar-refractivity contribution in [2.24, 2.45) is 0 Å². The standard InChI is InChI=1S/C22H25Cl2N5O2.C4H8O/c1-22(2,30)11-14-10-17-18(12-26-14)28-21(20(25)27-17)29-7-5-15(6-8-29)31-19-4-3-13(23)9-16(19)24;1-2-4-5-3-1/h3-4,9-10,12,15,30H,5-8,11H2,1-2H3,(H2,25,27);1-4H2. The Kier molecular flexibility index (Phi) is 8.72. The maximum Gasteiger partial charge on any atom is 0.172 e. The molecule has 0 spiro atoms. The van der Waals surface area contributed by atoms with Crippen LogP contribution in [-0.4, -0.2) is 58.1 Å². The lowest BCUT2D eigenvalue weighted by atomic mass is 10.0. The Morgan fingerprint density at radius 2 is 1.83 bits per heavy atom. The summed E-state index contributed by atoms with van der Waals surface area (Å²) >= 11 is 12.2. The summed E-state index contributed by atoms with van der Waals surface area (Å²) < 4.78 is 11.0. The summed E-state index contributed by atoms with van der Waals surface area (Å²) in [6.07, 6.45) is 6.33. The SMILES string of the molecule is C1CCOC1.CC(C)(O)Cc1cc2nc(N)c(N3CCC(Oc4ccc(Cl)cc4Cl)CC3)nc2cn1. The van der Waals surface area contributed by atoms with E-state index in [1.807, 2.05) is 6.07 Å². The average Bonchev–Trinajstić information content (AvgIpc) is 3.40. The number of aromatic nitrogens is 3. The van der Waals surface area contributed by atoms with Gasteiger partial charge in [-0.05, 0) is 51.0 Å². The Morgan fingerprint density at radius 1 is 1.11 bits per heavy atom. The number of pyridine rings is 1. The number of piperidine rings is 1. The van der Waals surface area contributed by atoms with Crippen molar-refractivity contribution in [3.8, 4) is 5.75 Å². The fraction of sp³-hybridized carbons (Fsp3) is 0.500. The predicted octanol–water partition coefficient (Wildman–Crippen LogP) is 5.07. The van der Waals surface area contributed by atoms with E-state index < -0.39 is 5.60 Å². The van der Waals surface area contributed by atoms with Crippen molar-refractivity contribution in [3.63, 3.8) is 0 Å². The Labute approximate surface area is 221 Å². The number of aliphatic hydroxyl groups is 1. The molecule has 2 aliphatic rings. The van der Waals surface area contributed by atoms with Gasteiger partial charge in [0.05, 0.1) is 22.3 Å². The van der Waals surface area contributed by atoms with E-state index in [-0.39, 0.29) is 6.10 Å². The molecular formula is C26H33Cl2N5O3. The Bertz CT molecular complexity index is 1170. The first-order valence-electron chi connectivity index (χ1n) is 12.3. The molecule has 4 heterocycles. The molecule has 2 saturated heterocycles. The summed E-state index contributed by atoms with van der Waals surface area (Å²) in [5.74, 6) is 1.68. The molecule has 36 heavy (non-hydrogen) atoms. The van der Waals surface area contributed by atoms with Crippen LogP contribution in [0.1, 0.15) is 45.2 Å². The van der Waals surface area contributed by atoms with Crippen molar-refractivity contribution in [3.05, 3.63) is 46.2 Å². The van der Waals surface area contributed by atoms with Crippen LogP contribution < -0.4 is 15.4 Å². The molecule has 1 aromatic carbocycles. The van der Waals surface area contributed by atoms with Crippen LogP contribution in [0.15, 0.2) is 30.5 Å². The lowest BCUT2D eigenvalue weighted by Crippen LogP contribution is -2.39. The van der Waals surface area contributed by atoms with Crippen LogP contribution in [0.4, 0.5) is 11.6 Å². The van der Waals surface area contributed by atoms with Crippen LogP contribution in [0.3, 0.4) is 0 Å².